The highest BCUT2D eigenvalue weighted by atomic mass is 35.5. The molecule has 0 aliphatic heterocycles. The van der Waals surface area contributed by atoms with E-state index >= 15 is 0 Å². The Hall–Kier alpha value is -1.38. The third-order valence-electron chi connectivity index (χ3n) is 3.37. The van der Waals surface area contributed by atoms with Crippen LogP contribution in [0.4, 0.5) is 0 Å². The highest BCUT2D eigenvalue weighted by Crippen LogP contribution is 2.34. The van der Waals surface area contributed by atoms with Crippen LogP contribution in [0.1, 0.15) is 22.3 Å². The molecule has 2 aromatic rings. The van der Waals surface area contributed by atoms with Gasteiger partial charge < -0.3 is 10.2 Å². The second-order valence-electron chi connectivity index (χ2n) is 4.52. The van der Waals surface area contributed by atoms with Crippen molar-refractivity contribution in [2.45, 2.75) is 20.3 Å². The molecule has 0 fully saturated rings. The van der Waals surface area contributed by atoms with E-state index in [9.17, 15) is 10.2 Å². The van der Waals surface area contributed by atoms with E-state index in [1.807, 2.05) is 13.8 Å². The molecule has 0 atom stereocenters. The minimum atomic E-state index is 0.167. The van der Waals surface area contributed by atoms with E-state index in [0.29, 0.717) is 27.6 Å². The summed E-state index contributed by atoms with van der Waals surface area (Å²) in [5, 5.41) is 21.1. The molecule has 2 N–H and O–H groups in total. The summed E-state index contributed by atoms with van der Waals surface area (Å²) in [6.07, 6.45) is 0.385. The summed E-state index contributed by atoms with van der Waals surface area (Å²) in [6.45, 7) is 3.68. The van der Waals surface area contributed by atoms with Crippen LogP contribution >= 0.6 is 23.2 Å². The first-order chi connectivity index (χ1) is 8.91. The largest absolute Gasteiger partial charge is 0.508 e. The molecule has 0 amide bonds. The molecule has 0 saturated heterocycles. The molecule has 0 aromatic heterocycles. The maximum Gasteiger partial charge on any atom is 0.119 e. The van der Waals surface area contributed by atoms with Crippen molar-refractivity contribution >= 4 is 23.2 Å². The Bertz CT molecular complexity index is 581. The standard InChI is InChI=1S/C15H14Cl2O2/c1-8-10(14(18)5-3-12(8)16)7-11-9(2)13(17)4-6-15(11)19/h3-6,18-19H,7H2,1-2H3. The summed E-state index contributed by atoms with van der Waals surface area (Å²) in [7, 11) is 0. The second kappa shape index (κ2) is 5.32. The normalized spacial score (nSPS) is 10.7. The van der Waals surface area contributed by atoms with E-state index in [-0.39, 0.29) is 11.5 Å². The Kier molecular flexibility index (Phi) is 3.93. The van der Waals surface area contributed by atoms with Crippen LogP contribution in [0.5, 0.6) is 11.5 Å². The maximum atomic E-state index is 9.95. The lowest BCUT2D eigenvalue weighted by Crippen LogP contribution is -1.97. The van der Waals surface area contributed by atoms with Crippen LogP contribution in [0.2, 0.25) is 10.0 Å². The molecular formula is C15H14Cl2O2. The van der Waals surface area contributed by atoms with E-state index in [2.05, 4.69) is 0 Å². The van der Waals surface area contributed by atoms with Crippen LogP contribution in [0.15, 0.2) is 24.3 Å². The molecule has 0 heterocycles. The number of aromatic hydroxyl groups is 2. The first-order valence-electron chi connectivity index (χ1n) is 5.85. The molecule has 0 saturated carbocycles. The molecular weight excluding hydrogens is 283 g/mol. The van der Waals surface area contributed by atoms with E-state index in [1.165, 1.54) is 0 Å². The maximum absolute atomic E-state index is 9.95. The molecule has 100 valence electrons. The van der Waals surface area contributed by atoms with Crippen LogP contribution in [0, 0.1) is 13.8 Å². The SMILES string of the molecule is Cc1c(Cl)ccc(O)c1Cc1c(O)ccc(Cl)c1C. The third kappa shape index (κ3) is 2.65. The lowest BCUT2D eigenvalue weighted by atomic mass is 9.96. The third-order valence-corrected chi connectivity index (χ3v) is 4.19. The van der Waals surface area contributed by atoms with E-state index in [0.717, 1.165) is 11.1 Å². The van der Waals surface area contributed by atoms with Gasteiger partial charge in [-0.05, 0) is 49.2 Å². The summed E-state index contributed by atoms with van der Waals surface area (Å²) in [5.41, 5.74) is 3.02. The molecule has 0 radical (unpaired) electrons. The molecule has 4 heteroatoms. The summed E-state index contributed by atoms with van der Waals surface area (Å²) in [5.74, 6) is 0.335. The average molecular weight is 297 g/mol. The minimum absolute atomic E-state index is 0.167. The van der Waals surface area contributed by atoms with Crippen molar-refractivity contribution < 1.29 is 10.2 Å². The van der Waals surface area contributed by atoms with E-state index < -0.39 is 0 Å². The molecule has 2 rings (SSSR count). The van der Waals surface area contributed by atoms with Gasteiger partial charge in [-0.25, -0.2) is 0 Å². The zero-order chi connectivity index (χ0) is 14.2. The van der Waals surface area contributed by atoms with Crippen molar-refractivity contribution in [1.82, 2.24) is 0 Å². The smallest absolute Gasteiger partial charge is 0.119 e. The van der Waals surface area contributed by atoms with Crippen molar-refractivity contribution in [3.8, 4) is 11.5 Å². The van der Waals surface area contributed by atoms with E-state index in [1.54, 1.807) is 24.3 Å². The monoisotopic (exact) mass is 296 g/mol. The second-order valence-corrected chi connectivity index (χ2v) is 5.33. The molecule has 2 aromatic carbocycles. The number of benzene rings is 2. The Morgan fingerprint density at radius 3 is 1.53 bits per heavy atom. The number of rotatable bonds is 2. The number of halogens is 2. The van der Waals surface area contributed by atoms with Gasteiger partial charge in [0.1, 0.15) is 11.5 Å². The fourth-order valence-electron chi connectivity index (χ4n) is 2.05. The summed E-state index contributed by atoms with van der Waals surface area (Å²) in [4.78, 5) is 0. The lowest BCUT2D eigenvalue weighted by molar-refractivity contribution is 0.462. The molecule has 2 nitrogen and oxygen atoms in total. The van der Waals surface area contributed by atoms with Gasteiger partial charge in [-0.2, -0.15) is 0 Å². The number of phenols is 2. The lowest BCUT2D eigenvalue weighted by Gasteiger charge is -2.14. The highest BCUT2D eigenvalue weighted by molar-refractivity contribution is 6.31. The van der Waals surface area contributed by atoms with Gasteiger partial charge in [0.2, 0.25) is 0 Å². The quantitative estimate of drug-likeness (QED) is 0.849. The Balaban J connectivity index is 2.54. The van der Waals surface area contributed by atoms with Gasteiger partial charge in [-0.15, -0.1) is 0 Å². The summed E-state index contributed by atoms with van der Waals surface area (Å²) < 4.78 is 0. The van der Waals surface area contributed by atoms with Gasteiger partial charge in [0.25, 0.3) is 0 Å². The van der Waals surface area contributed by atoms with Crippen molar-refractivity contribution in [3.05, 3.63) is 56.6 Å². The molecule has 0 bridgehead atoms. The van der Waals surface area contributed by atoms with Gasteiger partial charge in [-0.1, -0.05) is 23.2 Å². The zero-order valence-corrected chi connectivity index (χ0v) is 12.2. The molecule has 0 unspecified atom stereocenters. The van der Waals surface area contributed by atoms with Crippen molar-refractivity contribution in [2.24, 2.45) is 0 Å². The molecule has 19 heavy (non-hydrogen) atoms. The Labute approximate surface area is 122 Å². The van der Waals surface area contributed by atoms with Crippen LogP contribution in [0.3, 0.4) is 0 Å². The van der Waals surface area contributed by atoms with E-state index in [4.69, 9.17) is 23.2 Å². The predicted octanol–water partition coefficient (Wildman–Crippen LogP) is 4.61. The van der Waals surface area contributed by atoms with Crippen molar-refractivity contribution in [2.75, 3.05) is 0 Å². The van der Waals surface area contributed by atoms with Gasteiger partial charge in [0.05, 0.1) is 0 Å². The van der Waals surface area contributed by atoms with Crippen LogP contribution in [-0.2, 0) is 6.42 Å². The Morgan fingerprint density at radius 2 is 1.16 bits per heavy atom. The minimum Gasteiger partial charge on any atom is -0.508 e. The van der Waals surface area contributed by atoms with Gasteiger partial charge in [0.15, 0.2) is 0 Å². The first kappa shape index (κ1) is 14.0. The summed E-state index contributed by atoms with van der Waals surface area (Å²) >= 11 is 12.1. The first-order valence-corrected chi connectivity index (χ1v) is 6.61. The fourth-order valence-corrected chi connectivity index (χ4v) is 2.41. The molecule has 0 aliphatic rings. The topological polar surface area (TPSA) is 40.5 Å². The van der Waals surface area contributed by atoms with Gasteiger partial charge in [-0.3, -0.25) is 0 Å². The predicted molar refractivity (Wildman–Crippen MR) is 78.5 cm³/mol. The molecule has 0 aliphatic carbocycles. The average Bonchev–Trinajstić information content (AvgIpc) is 2.38. The number of hydrogen-bond acceptors (Lipinski definition) is 2. The van der Waals surface area contributed by atoms with Gasteiger partial charge >= 0.3 is 0 Å². The number of phenolic OH excluding ortho intramolecular Hbond substituents is 2. The van der Waals surface area contributed by atoms with Crippen LogP contribution in [0.25, 0.3) is 0 Å². The Morgan fingerprint density at radius 1 is 0.789 bits per heavy atom. The van der Waals surface area contributed by atoms with Crippen LogP contribution < -0.4 is 0 Å². The highest BCUT2D eigenvalue weighted by Gasteiger charge is 2.14. The number of hydrogen-bond donors (Lipinski definition) is 2. The van der Waals surface area contributed by atoms with Crippen LogP contribution in [-0.4, -0.2) is 10.2 Å². The summed E-state index contributed by atoms with van der Waals surface area (Å²) in [6, 6.07) is 6.42. The van der Waals surface area contributed by atoms with Crippen molar-refractivity contribution in [1.29, 1.82) is 0 Å². The molecule has 0 spiro atoms. The van der Waals surface area contributed by atoms with Crippen molar-refractivity contribution in [3.63, 3.8) is 0 Å². The fraction of sp³-hybridized carbons (Fsp3) is 0.200. The zero-order valence-electron chi connectivity index (χ0n) is 10.7. The van der Waals surface area contributed by atoms with Gasteiger partial charge in [0, 0.05) is 27.6 Å².